The fourth-order valence-electron chi connectivity index (χ4n) is 1.33. The highest BCUT2D eigenvalue weighted by Crippen LogP contribution is 2.17. The molecule has 2 nitrogen and oxygen atoms in total. The normalized spacial score (nSPS) is 12.4. The molecule has 1 unspecified atom stereocenters. The molecule has 0 aliphatic rings. The Labute approximate surface area is 83.6 Å². The maximum atomic E-state index is 12.6. The van der Waals surface area contributed by atoms with E-state index in [1.54, 1.807) is 12.1 Å². The lowest BCUT2D eigenvalue weighted by molar-refractivity contribution is 0.519. The van der Waals surface area contributed by atoms with Crippen LogP contribution in [0.4, 0.5) is 4.39 Å². The molecular weight excluding hydrogens is 179 g/mol. The number of hydrogen-bond acceptors (Lipinski definition) is 2. The summed E-state index contributed by atoms with van der Waals surface area (Å²) in [6.45, 7) is 3.65. The van der Waals surface area contributed by atoms with E-state index in [1.165, 1.54) is 12.1 Å². The summed E-state index contributed by atoms with van der Waals surface area (Å²) in [6, 6.07) is 6.42. The molecule has 0 radical (unpaired) electrons. The monoisotopic (exact) mass is 194 g/mol. The number of nitrogens with one attached hydrogen (secondary N) is 1. The van der Waals surface area contributed by atoms with Gasteiger partial charge in [0.1, 0.15) is 5.82 Å². The van der Waals surface area contributed by atoms with E-state index < -0.39 is 0 Å². The second-order valence-electron chi connectivity index (χ2n) is 3.14. The van der Waals surface area contributed by atoms with Gasteiger partial charge >= 0.3 is 0 Å². The predicted octanol–water partition coefficient (Wildman–Crippen LogP) is 2.30. The van der Waals surface area contributed by atoms with E-state index in [-0.39, 0.29) is 11.9 Å². The Morgan fingerprint density at radius 1 is 1.43 bits per heavy atom. The molecule has 1 aromatic rings. The minimum absolute atomic E-state index is 0.0635. The van der Waals surface area contributed by atoms with Crippen molar-refractivity contribution in [2.45, 2.75) is 18.9 Å². The molecule has 0 bridgehead atoms. The first kappa shape index (κ1) is 10.9. The Morgan fingerprint density at radius 2 is 2.07 bits per heavy atom. The Bertz CT molecular complexity index is 282. The van der Waals surface area contributed by atoms with Crippen LogP contribution in [0, 0.1) is 5.82 Å². The van der Waals surface area contributed by atoms with Crippen molar-refractivity contribution in [3.05, 3.63) is 48.3 Å². The largest absolute Gasteiger partial charge is 0.271 e. The smallest absolute Gasteiger partial charge is 0.123 e. The SMILES string of the molecule is C=CCCC(NN)c1ccc(F)cc1. The molecular formula is C11H15FN2. The predicted molar refractivity (Wildman–Crippen MR) is 55.9 cm³/mol. The Hall–Kier alpha value is -1.19. The van der Waals surface area contributed by atoms with Crippen molar-refractivity contribution in [2.75, 3.05) is 0 Å². The summed E-state index contributed by atoms with van der Waals surface area (Å²) in [5, 5.41) is 0. The quantitative estimate of drug-likeness (QED) is 0.429. The van der Waals surface area contributed by atoms with E-state index in [9.17, 15) is 4.39 Å². The van der Waals surface area contributed by atoms with Crippen molar-refractivity contribution in [1.29, 1.82) is 0 Å². The molecule has 76 valence electrons. The van der Waals surface area contributed by atoms with Crippen molar-refractivity contribution in [2.24, 2.45) is 5.84 Å². The lowest BCUT2D eigenvalue weighted by atomic mass is 10.0. The van der Waals surface area contributed by atoms with Gasteiger partial charge in [0, 0.05) is 6.04 Å². The Balaban J connectivity index is 2.68. The molecule has 1 atom stereocenters. The van der Waals surface area contributed by atoms with Gasteiger partial charge in [-0.25, -0.2) is 4.39 Å². The lowest BCUT2D eigenvalue weighted by Gasteiger charge is -2.14. The van der Waals surface area contributed by atoms with Gasteiger partial charge < -0.3 is 0 Å². The van der Waals surface area contributed by atoms with Crippen molar-refractivity contribution >= 4 is 0 Å². The second-order valence-corrected chi connectivity index (χ2v) is 3.14. The average Bonchev–Trinajstić information content (AvgIpc) is 2.21. The van der Waals surface area contributed by atoms with Crippen LogP contribution in [0.25, 0.3) is 0 Å². The van der Waals surface area contributed by atoms with Gasteiger partial charge in [0.2, 0.25) is 0 Å². The minimum Gasteiger partial charge on any atom is -0.271 e. The number of allylic oxidation sites excluding steroid dienone is 1. The summed E-state index contributed by atoms with van der Waals surface area (Å²) in [4.78, 5) is 0. The number of halogens is 1. The molecule has 0 amide bonds. The van der Waals surface area contributed by atoms with Crippen LogP contribution in [0.3, 0.4) is 0 Å². The van der Waals surface area contributed by atoms with Crippen LogP contribution in [-0.4, -0.2) is 0 Å². The Kier molecular flexibility index (Phi) is 4.29. The zero-order chi connectivity index (χ0) is 10.4. The second kappa shape index (κ2) is 5.52. The molecule has 0 aliphatic carbocycles. The van der Waals surface area contributed by atoms with Gasteiger partial charge in [0.15, 0.2) is 0 Å². The summed E-state index contributed by atoms with van der Waals surface area (Å²) < 4.78 is 12.6. The molecule has 0 aliphatic heterocycles. The van der Waals surface area contributed by atoms with Crippen molar-refractivity contribution in [3.8, 4) is 0 Å². The minimum atomic E-state index is -0.228. The standard InChI is InChI=1S/C11H15FN2/c1-2-3-4-11(14-13)9-5-7-10(12)8-6-9/h2,5-8,11,14H,1,3-4,13H2. The van der Waals surface area contributed by atoms with Crippen LogP contribution in [0.1, 0.15) is 24.4 Å². The number of hydrogen-bond donors (Lipinski definition) is 2. The number of hydrazine groups is 1. The maximum absolute atomic E-state index is 12.6. The summed E-state index contributed by atoms with van der Waals surface area (Å²) in [7, 11) is 0. The van der Waals surface area contributed by atoms with Gasteiger partial charge in [0.05, 0.1) is 0 Å². The molecule has 0 fully saturated rings. The van der Waals surface area contributed by atoms with Crippen LogP contribution in [0.2, 0.25) is 0 Å². The molecule has 0 heterocycles. The molecule has 1 rings (SSSR count). The highest BCUT2D eigenvalue weighted by molar-refractivity contribution is 5.19. The molecule has 0 aromatic heterocycles. The van der Waals surface area contributed by atoms with Crippen LogP contribution < -0.4 is 11.3 Å². The van der Waals surface area contributed by atoms with Gasteiger partial charge in [-0.3, -0.25) is 11.3 Å². The van der Waals surface area contributed by atoms with Crippen molar-refractivity contribution in [3.63, 3.8) is 0 Å². The van der Waals surface area contributed by atoms with Crippen LogP contribution in [-0.2, 0) is 0 Å². The van der Waals surface area contributed by atoms with Gasteiger partial charge in [-0.2, -0.15) is 0 Å². The van der Waals surface area contributed by atoms with E-state index in [1.807, 2.05) is 6.08 Å². The molecule has 0 saturated carbocycles. The first-order valence-corrected chi connectivity index (χ1v) is 4.60. The zero-order valence-electron chi connectivity index (χ0n) is 8.04. The van der Waals surface area contributed by atoms with Crippen LogP contribution in [0.5, 0.6) is 0 Å². The van der Waals surface area contributed by atoms with E-state index >= 15 is 0 Å². The zero-order valence-corrected chi connectivity index (χ0v) is 8.04. The summed E-state index contributed by atoms with van der Waals surface area (Å²) in [5.74, 6) is 5.18. The topological polar surface area (TPSA) is 38.0 Å². The molecule has 3 N–H and O–H groups in total. The van der Waals surface area contributed by atoms with E-state index in [2.05, 4.69) is 12.0 Å². The molecule has 14 heavy (non-hydrogen) atoms. The summed E-state index contributed by atoms with van der Waals surface area (Å²) in [6.07, 6.45) is 3.59. The molecule has 0 spiro atoms. The van der Waals surface area contributed by atoms with E-state index in [0.717, 1.165) is 18.4 Å². The molecule has 1 aromatic carbocycles. The molecule has 0 saturated heterocycles. The lowest BCUT2D eigenvalue weighted by Crippen LogP contribution is -2.27. The third-order valence-electron chi connectivity index (χ3n) is 2.13. The Morgan fingerprint density at radius 3 is 2.57 bits per heavy atom. The number of rotatable bonds is 5. The summed E-state index contributed by atoms with van der Waals surface area (Å²) in [5.41, 5.74) is 3.70. The fourth-order valence-corrected chi connectivity index (χ4v) is 1.33. The van der Waals surface area contributed by atoms with Gasteiger partial charge in [-0.05, 0) is 30.5 Å². The average molecular weight is 194 g/mol. The third kappa shape index (κ3) is 2.94. The van der Waals surface area contributed by atoms with Crippen LogP contribution >= 0.6 is 0 Å². The van der Waals surface area contributed by atoms with E-state index in [4.69, 9.17) is 5.84 Å². The van der Waals surface area contributed by atoms with Crippen molar-refractivity contribution < 1.29 is 4.39 Å². The summed E-state index contributed by atoms with van der Waals surface area (Å²) >= 11 is 0. The highest BCUT2D eigenvalue weighted by Gasteiger charge is 2.07. The maximum Gasteiger partial charge on any atom is 0.123 e. The van der Waals surface area contributed by atoms with Gasteiger partial charge in [-0.1, -0.05) is 18.2 Å². The first-order chi connectivity index (χ1) is 6.77. The highest BCUT2D eigenvalue weighted by atomic mass is 19.1. The third-order valence-corrected chi connectivity index (χ3v) is 2.13. The van der Waals surface area contributed by atoms with Gasteiger partial charge in [-0.15, -0.1) is 6.58 Å². The number of benzene rings is 1. The first-order valence-electron chi connectivity index (χ1n) is 4.60. The van der Waals surface area contributed by atoms with Gasteiger partial charge in [0.25, 0.3) is 0 Å². The molecule has 3 heteroatoms. The fraction of sp³-hybridized carbons (Fsp3) is 0.273. The number of nitrogens with two attached hydrogens (primary N) is 1. The van der Waals surface area contributed by atoms with Crippen molar-refractivity contribution in [1.82, 2.24) is 5.43 Å². The van der Waals surface area contributed by atoms with E-state index in [0.29, 0.717) is 0 Å². The van der Waals surface area contributed by atoms with Crippen LogP contribution in [0.15, 0.2) is 36.9 Å².